The Bertz CT molecular complexity index is 676. The fourth-order valence-corrected chi connectivity index (χ4v) is 2.62. The fourth-order valence-electron chi connectivity index (χ4n) is 1.89. The summed E-state index contributed by atoms with van der Waals surface area (Å²) in [5.74, 6) is 1.77. The molecule has 23 heavy (non-hydrogen) atoms. The van der Waals surface area contributed by atoms with Crippen molar-refractivity contribution in [1.82, 2.24) is 0 Å². The number of aldehydes is 1. The van der Waals surface area contributed by atoms with Crippen molar-refractivity contribution in [2.75, 3.05) is 20.3 Å². The van der Waals surface area contributed by atoms with Crippen molar-refractivity contribution in [3.8, 4) is 17.2 Å². The van der Waals surface area contributed by atoms with Crippen molar-refractivity contribution in [3.63, 3.8) is 0 Å². The van der Waals surface area contributed by atoms with Gasteiger partial charge in [0, 0.05) is 16.5 Å². The van der Waals surface area contributed by atoms with E-state index in [9.17, 15) is 4.79 Å². The maximum atomic E-state index is 10.7. The average Bonchev–Trinajstić information content (AvgIpc) is 2.56. The number of rotatable bonds is 8. The monoisotopic (exact) mass is 398 g/mol. The lowest BCUT2D eigenvalue weighted by atomic mass is 10.2. The lowest BCUT2D eigenvalue weighted by Crippen LogP contribution is -2.06. The van der Waals surface area contributed by atoms with Crippen LogP contribution >= 0.6 is 27.5 Å². The van der Waals surface area contributed by atoms with Gasteiger partial charge in [-0.2, -0.15) is 0 Å². The summed E-state index contributed by atoms with van der Waals surface area (Å²) < 4.78 is 17.4. The molecule has 0 saturated heterocycles. The zero-order chi connectivity index (χ0) is 16.7. The molecule has 4 nitrogen and oxygen atoms in total. The Labute approximate surface area is 148 Å². The van der Waals surface area contributed by atoms with Crippen molar-refractivity contribution in [2.24, 2.45) is 0 Å². The normalized spacial score (nSPS) is 10.2. The Morgan fingerprint density at radius 1 is 1.04 bits per heavy atom. The molecule has 0 aromatic heterocycles. The summed E-state index contributed by atoms with van der Waals surface area (Å²) in [5.41, 5.74) is 0.544. The first-order valence-corrected chi connectivity index (χ1v) is 8.15. The van der Waals surface area contributed by atoms with Gasteiger partial charge in [0.2, 0.25) is 0 Å². The first kappa shape index (κ1) is 17.6. The van der Waals surface area contributed by atoms with Crippen LogP contribution in [0.25, 0.3) is 0 Å². The van der Waals surface area contributed by atoms with Crippen molar-refractivity contribution in [2.45, 2.75) is 6.42 Å². The van der Waals surface area contributed by atoms with Gasteiger partial charge in [-0.3, -0.25) is 4.79 Å². The predicted octanol–water partition coefficient (Wildman–Crippen LogP) is 4.77. The van der Waals surface area contributed by atoms with Crippen LogP contribution in [-0.4, -0.2) is 26.6 Å². The summed E-state index contributed by atoms with van der Waals surface area (Å²) in [6.07, 6.45) is 1.45. The molecule has 6 heteroatoms. The Morgan fingerprint density at radius 3 is 2.39 bits per heavy atom. The molecule has 2 rings (SSSR count). The largest absolute Gasteiger partial charge is 0.493 e. The van der Waals surface area contributed by atoms with Crippen molar-refractivity contribution in [3.05, 3.63) is 51.5 Å². The topological polar surface area (TPSA) is 44.8 Å². The van der Waals surface area contributed by atoms with E-state index in [4.69, 9.17) is 25.8 Å². The molecule has 122 valence electrons. The van der Waals surface area contributed by atoms with Gasteiger partial charge in [-0.1, -0.05) is 27.5 Å². The highest BCUT2D eigenvalue weighted by atomic mass is 79.9. The number of ether oxygens (including phenoxy) is 3. The molecule has 0 heterocycles. The van der Waals surface area contributed by atoms with Crippen LogP contribution < -0.4 is 14.2 Å². The third-order valence-corrected chi connectivity index (χ3v) is 3.81. The molecule has 0 unspecified atom stereocenters. The van der Waals surface area contributed by atoms with Crippen LogP contribution in [0.1, 0.15) is 16.8 Å². The van der Waals surface area contributed by atoms with E-state index in [1.165, 1.54) is 7.11 Å². The van der Waals surface area contributed by atoms with Crippen LogP contribution in [0, 0.1) is 0 Å². The molecule has 0 N–H and O–H groups in total. The second kappa shape index (κ2) is 8.79. The maximum absolute atomic E-state index is 10.7. The quantitative estimate of drug-likeness (QED) is 0.474. The molecular formula is C17H16BrClO4. The van der Waals surface area contributed by atoms with Crippen LogP contribution in [0.5, 0.6) is 17.2 Å². The van der Waals surface area contributed by atoms with Crippen LogP contribution in [0.3, 0.4) is 0 Å². The number of hydrogen-bond donors (Lipinski definition) is 0. The Balaban J connectivity index is 1.80. The standard InChI is InChI=1S/C17H16BrClO4/c1-21-17-9-12(11-20)3-5-16(17)23-8-2-7-22-15-6-4-13(18)10-14(15)19/h3-6,9-11H,2,7-8H2,1H3. The molecule has 2 aromatic carbocycles. The molecule has 0 atom stereocenters. The molecule has 0 spiro atoms. The SMILES string of the molecule is COc1cc(C=O)ccc1OCCCOc1ccc(Br)cc1Cl. The lowest BCUT2D eigenvalue weighted by Gasteiger charge is -2.12. The van der Waals surface area contributed by atoms with E-state index in [1.807, 2.05) is 12.1 Å². The van der Waals surface area contributed by atoms with E-state index in [1.54, 1.807) is 24.3 Å². The van der Waals surface area contributed by atoms with Gasteiger partial charge in [0.25, 0.3) is 0 Å². The maximum Gasteiger partial charge on any atom is 0.161 e. The molecule has 0 aliphatic carbocycles. The summed E-state index contributed by atoms with van der Waals surface area (Å²) in [4.78, 5) is 10.7. The minimum absolute atomic E-state index is 0.463. The van der Waals surface area contributed by atoms with Crippen molar-refractivity contribution in [1.29, 1.82) is 0 Å². The minimum Gasteiger partial charge on any atom is -0.493 e. The van der Waals surface area contributed by atoms with Crippen molar-refractivity contribution >= 4 is 33.8 Å². The van der Waals surface area contributed by atoms with Gasteiger partial charge in [0.05, 0.1) is 25.3 Å². The van der Waals surface area contributed by atoms with E-state index in [0.717, 1.165) is 10.8 Å². The first-order valence-electron chi connectivity index (χ1n) is 6.98. The second-order valence-corrected chi connectivity index (χ2v) is 5.98. The summed E-state index contributed by atoms with van der Waals surface area (Å²) in [7, 11) is 1.54. The molecule has 0 fully saturated rings. The Morgan fingerprint density at radius 2 is 1.74 bits per heavy atom. The van der Waals surface area contributed by atoms with E-state index in [-0.39, 0.29) is 0 Å². The highest BCUT2D eigenvalue weighted by Gasteiger charge is 2.06. The minimum atomic E-state index is 0.463. The van der Waals surface area contributed by atoms with Gasteiger partial charge in [-0.25, -0.2) is 0 Å². The van der Waals surface area contributed by atoms with Crippen LogP contribution in [-0.2, 0) is 0 Å². The summed E-state index contributed by atoms with van der Waals surface area (Å²) in [6.45, 7) is 0.945. The zero-order valence-corrected chi connectivity index (χ0v) is 14.9. The number of carbonyl (C=O) groups excluding carboxylic acids is 1. The highest BCUT2D eigenvalue weighted by Crippen LogP contribution is 2.29. The summed E-state index contributed by atoms with van der Waals surface area (Å²) in [6, 6.07) is 10.5. The second-order valence-electron chi connectivity index (χ2n) is 4.65. The van der Waals surface area contributed by atoms with Crippen LogP contribution in [0.2, 0.25) is 5.02 Å². The summed E-state index contributed by atoms with van der Waals surface area (Å²) >= 11 is 9.42. The molecule has 0 amide bonds. The number of methoxy groups -OCH3 is 1. The summed E-state index contributed by atoms with van der Waals surface area (Å²) in [5, 5.41) is 0.561. The van der Waals surface area contributed by atoms with Gasteiger partial charge >= 0.3 is 0 Å². The van der Waals surface area contributed by atoms with Gasteiger partial charge in [0.1, 0.15) is 12.0 Å². The zero-order valence-electron chi connectivity index (χ0n) is 12.6. The number of carbonyl (C=O) groups is 1. The fraction of sp³-hybridized carbons (Fsp3) is 0.235. The molecular weight excluding hydrogens is 384 g/mol. The van der Waals surface area contributed by atoms with Gasteiger partial charge in [-0.05, 0) is 36.4 Å². The first-order chi connectivity index (χ1) is 11.1. The smallest absolute Gasteiger partial charge is 0.161 e. The average molecular weight is 400 g/mol. The van der Waals surface area contributed by atoms with Crippen LogP contribution in [0.15, 0.2) is 40.9 Å². The molecule has 0 aliphatic heterocycles. The number of halogens is 2. The Kier molecular flexibility index (Phi) is 6.74. The number of benzene rings is 2. The molecule has 0 radical (unpaired) electrons. The van der Waals surface area contributed by atoms with E-state index < -0.39 is 0 Å². The third-order valence-electron chi connectivity index (χ3n) is 3.02. The van der Waals surface area contributed by atoms with Gasteiger partial charge < -0.3 is 14.2 Å². The van der Waals surface area contributed by atoms with Gasteiger partial charge in [0.15, 0.2) is 11.5 Å². The van der Waals surface area contributed by atoms with Gasteiger partial charge in [-0.15, -0.1) is 0 Å². The van der Waals surface area contributed by atoms with Crippen LogP contribution in [0.4, 0.5) is 0 Å². The predicted molar refractivity (Wildman–Crippen MR) is 93.1 cm³/mol. The molecule has 0 bridgehead atoms. The van der Waals surface area contributed by atoms with E-state index in [0.29, 0.717) is 47.5 Å². The molecule has 0 saturated carbocycles. The third kappa shape index (κ3) is 5.15. The van der Waals surface area contributed by atoms with Crippen molar-refractivity contribution < 1.29 is 19.0 Å². The van der Waals surface area contributed by atoms with E-state index in [2.05, 4.69) is 15.9 Å². The lowest BCUT2D eigenvalue weighted by molar-refractivity contribution is 0.112. The highest BCUT2D eigenvalue weighted by molar-refractivity contribution is 9.10. The number of hydrogen-bond acceptors (Lipinski definition) is 4. The Hall–Kier alpha value is -1.72. The molecule has 0 aliphatic rings. The molecule has 2 aromatic rings. The van der Waals surface area contributed by atoms with E-state index >= 15 is 0 Å².